The van der Waals surface area contributed by atoms with Crippen molar-refractivity contribution in [3.8, 4) is 0 Å². The number of hydrogen-bond donors (Lipinski definition) is 0. The molecule has 5 heteroatoms. The van der Waals surface area contributed by atoms with Gasteiger partial charge in [-0.15, -0.1) is 6.42 Å². The predicted molar refractivity (Wildman–Crippen MR) is 64.1 cm³/mol. The van der Waals surface area contributed by atoms with E-state index in [0.717, 1.165) is 12.7 Å². The van der Waals surface area contributed by atoms with Gasteiger partial charge in [0.25, 0.3) is 6.85 Å². The summed E-state index contributed by atoms with van der Waals surface area (Å²) >= 11 is 0. The molecule has 0 fully saturated rings. The molecule has 0 aromatic rings. The van der Waals surface area contributed by atoms with E-state index in [-0.39, 0.29) is 46.5 Å². The quantitative estimate of drug-likeness (QED) is 0.359. The molecule has 1 nitrogen and oxygen atoms in total. The fourth-order valence-electron chi connectivity index (χ4n) is 1.29. The van der Waals surface area contributed by atoms with Crippen molar-refractivity contribution >= 4 is 6.85 Å². The third-order valence-corrected chi connectivity index (χ3v) is 2.21. The molecule has 1 aliphatic carbocycles. The van der Waals surface area contributed by atoms with Crippen LogP contribution in [0.15, 0.2) is 42.4 Å². The van der Waals surface area contributed by atoms with Crippen LogP contribution >= 0.6 is 0 Å². The Labute approximate surface area is 133 Å². The number of halogens is 2. The summed E-state index contributed by atoms with van der Waals surface area (Å²) in [7, 11) is 4.21. The summed E-state index contributed by atoms with van der Waals surface area (Å²) < 4.78 is 0. The van der Waals surface area contributed by atoms with Gasteiger partial charge in [0.1, 0.15) is 0 Å². The van der Waals surface area contributed by atoms with Crippen LogP contribution in [0, 0.1) is 6.08 Å². The van der Waals surface area contributed by atoms with E-state index in [4.69, 9.17) is 0 Å². The van der Waals surface area contributed by atoms with Crippen molar-refractivity contribution in [1.82, 2.24) is 4.81 Å². The van der Waals surface area contributed by atoms with E-state index in [1.165, 1.54) is 0 Å². The first-order valence-electron chi connectivity index (χ1n) is 5.02. The smallest absolute Gasteiger partial charge is 1.00 e. The molecule has 0 aromatic carbocycles. The average Bonchev–Trinajstić information content (AvgIpc) is 2.77. The molecule has 1 aliphatic heterocycles. The minimum atomic E-state index is 0. The molecule has 91 valence electrons. The van der Waals surface area contributed by atoms with Crippen LogP contribution < -0.4 is 24.8 Å². The zero-order valence-corrected chi connectivity index (χ0v) is 13.3. The van der Waals surface area contributed by atoms with Gasteiger partial charge < -0.3 is 29.6 Å². The molecule has 1 heterocycles. The Kier molecular flexibility index (Phi) is 18.9. The van der Waals surface area contributed by atoms with Crippen molar-refractivity contribution in [2.24, 2.45) is 0 Å². The van der Waals surface area contributed by atoms with Crippen molar-refractivity contribution in [1.29, 1.82) is 0 Å². The number of rotatable bonds is 1. The van der Waals surface area contributed by atoms with E-state index < -0.39 is 0 Å². The van der Waals surface area contributed by atoms with Gasteiger partial charge in [0.05, 0.1) is 0 Å². The minimum Gasteiger partial charge on any atom is -1.00 e. The molecule has 17 heavy (non-hydrogen) atoms. The zero-order chi connectivity index (χ0) is 10.2. The number of allylic oxidation sites excluding steroid dienone is 7. The summed E-state index contributed by atoms with van der Waals surface area (Å²) in [6.45, 7) is 0.620. The molecule has 0 bridgehead atoms. The van der Waals surface area contributed by atoms with Crippen molar-refractivity contribution in [2.45, 2.75) is 12.7 Å². The molecule has 0 N–H and O–H groups in total. The topological polar surface area (TPSA) is 3.24 Å². The van der Waals surface area contributed by atoms with Gasteiger partial charge in [0.15, 0.2) is 0 Å². The molecule has 0 amide bonds. The van der Waals surface area contributed by atoms with Gasteiger partial charge >= 0.3 is 21.7 Å². The maximum Gasteiger partial charge on any atom is 3.00 e. The van der Waals surface area contributed by atoms with Gasteiger partial charge in [0.2, 0.25) is 0 Å². The van der Waals surface area contributed by atoms with Crippen LogP contribution in [-0.2, 0) is 21.7 Å². The van der Waals surface area contributed by atoms with E-state index in [9.17, 15) is 0 Å². The SMILES string of the molecule is CN(C)B1C=CC=CC1.[C-]1=CC=CC1.[Cl-].[Cl-].[Ti+3]. The Balaban J connectivity index is -0.000000216. The van der Waals surface area contributed by atoms with Crippen LogP contribution in [-0.4, -0.2) is 25.8 Å². The van der Waals surface area contributed by atoms with E-state index in [1.54, 1.807) is 0 Å². The molecule has 0 atom stereocenters. The molecule has 0 spiro atoms. The minimum absolute atomic E-state index is 0. The maximum absolute atomic E-state index is 2.99. The van der Waals surface area contributed by atoms with Crippen molar-refractivity contribution in [3.63, 3.8) is 0 Å². The summed E-state index contributed by atoms with van der Waals surface area (Å²) in [5.41, 5.74) is 0. The fraction of sp³-hybridized carbons (Fsp3) is 0.333. The molecular formula is C12H17BCl2NTi. The third kappa shape index (κ3) is 11.1. The first-order chi connectivity index (χ1) is 6.80. The van der Waals surface area contributed by atoms with Gasteiger partial charge in [-0.2, -0.15) is 6.08 Å². The molecule has 0 saturated heterocycles. The van der Waals surface area contributed by atoms with Gasteiger partial charge in [-0.05, 0) is 20.4 Å². The summed E-state index contributed by atoms with van der Waals surface area (Å²) in [5.74, 6) is 2.22. The number of nitrogens with zero attached hydrogens (tertiary/aromatic N) is 1. The Morgan fingerprint density at radius 3 is 2.00 bits per heavy atom. The van der Waals surface area contributed by atoms with Gasteiger partial charge in [-0.1, -0.05) is 24.2 Å². The average molecular weight is 305 g/mol. The largest absolute Gasteiger partial charge is 3.00 e. The summed E-state index contributed by atoms with van der Waals surface area (Å²) in [5, 5.41) is 0. The van der Waals surface area contributed by atoms with E-state index in [2.05, 4.69) is 55.3 Å². The second-order valence-corrected chi connectivity index (χ2v) is 3.58. The van der Waals surface area contributed by atoms with E-state index in [1.807, 2.05) is 12.2 Å². The van der Waals surface area contributed by atoms with Crippen molar-refractivity contribution in [2.75, 3.05) is 14.1 Å². The summed E-state index contributed by atoms with van der Waals surface area (Å²) in [6.07, 6.45) is 17.6. The van der Waals surface area contributed by atoms with Crippen LogP contribution in [0.4, 0.5) is 0 Å². The second-order valence-electron chi connectivity index (χ2n) is 3.58. The molecule has 1 radical (unpaired) electrons. The van der Waals surface area contributed by atoms with Gasteiger partial charge in [0, 0.05) is 0 Å². The maximum atomic E-state index is 2.99. The van der Waals surface area contributed by atoms with Crippen molar-refractivity contribution in [3.05, 3.63) is 48.5 Å². The van der Waals surface area contributed by atoms with Crippen LogP contribution in [0.5, 0.6) is 0 Å². The molecule has 0 aromatic heterocycles. The van der Waals surface area contributed by atoms with E-state index >= 15 is 0 Å². The van der Waals surface area contributed by atoms with Crippen LogP contribution in [0.2, 0.25) is 6.32 Å². The second kappa shape index (κ2) is 14.3. The fourth-order valence-corrected chi connectivity index (χ4v) is 1.29. The Hall–Kier alpha value is 0.279. The Bertz CT molecular complexity index is 266. The predicted octanol–water partition coefficient (Wildman–Crippen LogP) is -3.48. The normalized spacial score (nSPS) is 14.4. The van der Waals surface area contributed by atoms with Crippen LogP contribution in [0.1, 0.15) is 6.42 Å². The Morgan fingerprint density at radius 2 is 1.76 bits per heavy atom. The molecular weight excluding hydrogens is 288 g/mol. The molecule has 0 unspecified atom stereocenters. The van der Waals surface area contributed by atoms with Gasteiger partial charge in [-0.3, -0.25) is 6.08 Å². The third-order valence-electron chi connectivity index (χ3n) is 2.21. The summed E-state index contributed by atoms with van der Waals surface area (Å²) in [4.78, 5) is 2.22. The first kappa shape index (κ1) is 22.5. The Morgan fingerprint density at radius 1 is 1.06 bits per heavy atom. The molecule has 2 aliphatic rings. The first-order valence-corrected chi connectivity index (χ1v) is 5.02. The van der Waals surface area contributed by atoms with E-state index in [0.29, 0.717) is 6.85 Å². The summed E-state index contributed by atoms with van der Waals surface area (Å²) in [6, 6.07) is 0. The number of hydrogen-bond acceptors (Lipinski definition) is 1. The molecule has 0 saturated carbocycles. The monoisotopic (exact) mass is 304 g/mol. The van der Waals surface area contributed by atoms with Crippen LogP contribution in [0.25, 0.3) is 0 Å². The molecule has 2 rings (SSSR count). The zero-order valence-electron chi connectivity index (χ0n) is 10.2. The van der Waals surface area contributed by atoms with Crippen LogP contribution in [0.3, 0.4) is 0 Å². The van der Waals surface area contributed by atoms with Gasteiger partial charge in [-0.25, -0.2) is 12.2 Å². The van der Waals surface area contributed by atoms with Crippen molar-refractivity contribution < 1.29 is 46.5 Å². The standard InChI is InChI=1S/C7H12BN.C5H5.2ClH.Ti/c1-9(2)8-6-4-3-5-7-8;1-2-4-5-3-1;;;/h3-6H,7H2,1-2H3;1-3H,4H2;2*1H;/q;-1;;;+3/p-2.